The molecule has 0 aliphatic rings. The Bertz CT molecular complexity index is 3190. The first kappa shape index (κ1) is 30.3. The lowest BCUT2D eigenvalue weighted by atomic mass is 9.82. The molecule has 8 N–H and O–H groups in total. The third-order valence-electron chi connectivity index (χ3n) is 10.5. The van der Waals surface area contributed by atoms with Gasteiger partial charge in [-0.3, -0.25) is 0 Å². The Morgan fingerprint density at radius 3 is 1.45 bits per heavy atom. The number of fused-ring (bicyclic) bond motifs is 10. The molecule has 9 nitrogen and oxygen atoms in total. The van der Waals surface area contributed by atoms with Gasteiger partial charge in [-0.05, 0) is 56.3 Å². The Labute approximate surface area is 297 Å². The number of phenols is 8. The number of aromatic hydroxyl groups is 8. The maximum absolute atomic E-state index is 11.8. The highest BCUT2D eigenvalue weighted by atomic mass is 16.4. The quantitative estimate of drug-likeness (QED) is 0.0378. The van der Waals surface area contributed by atoms with Crippen LogP contribution in [0.2, 0.25) is 0 Å². The summed E-state index contributed by atoms with van der Waals surface area (Å²) in [5, 5.41) is 96.9. The summed E-state index contributed by atoms with van der Waals surface area (Å²) in [5.74, 6) is -7.50. The van der Waals surface area contributed by atoms with Gasteiger partial charge in [0.1, 0.15) is 11.2 Å². The molecule has 0 spiro atoms. The van der Waals surface area contributed by atoms with E-state index >= 15 is 0 Å². The monoisotopic (exact) mass is 698 g/mol. The van der Waals surface area contributed by atoms with Gasteiger partial charge in [-0.1, -0.05) is 91.0 Å². The molecule has 10 aromatic rings. The van der Waals surface area contributed by atoms with Crippen LogP contribution in [0.3, 0.4) is 0 Å². The van der Waals surface area contributed by atoms with Crippen molar-refractivity contribution in [2.24, 2.45) is 0 Å². The molecule has 1 heterocycles. The number of hydrogen-bond donors (Lipinski definition) is 8. The van der Waals surface area contributed by atoms with E-state index in [1.165, 1.54) is 0 Å². The minimum atomic E-state index is -1.03. The molecule has 53 heavy (non-hydrogen) atoms. The molecule has 9 heteroatoms. The summed E-state index contributed by atoms with van der Waals surface area (Å²) in [6.07, 6.45) is 0. The van der Waals surface area contributed by atoms with E-state index in [1.807, 2.05) is 78.9 Å². The fourth-order valence-electron chi connectivity index (χ4n) is 8.10. The lowest BCUT2D eigenvalue weighted by Crippen LogP contribution is -1.95. The van der Waals surface area contributed by atoms with Crippen molar-refractivity contribution in [2.45, 2.75) is 0 Å². The standard InChI is InChI=1S/C44H26O9/c45-36-32-29(22-15-14-21-13-12-19-6-1-3-8-23(19)27(21)18-22)33-35(39(48)43(52)41(50)37(33)46)31(34(32)38(47)42(51)40(36)49)25-10-5-11-28-30(25)26-17-16-20-7-2-4-9-24(20)44(26)53-28/h1-18,45-52H. The molecular weight excluding hydrogens is 672 g/mol. The topological polar surface area (TPSA) is 175 Å². The summed E-state index contributed by atoms with van der Waals surface area (Å²) in [7, 11) is 0. The average Bonchev–Trinajstić information content (AvgIpc) is 3.59. The second-order valence-corrected chi connectivity index (χ2v) is 13.2. The molecule has 0 fully saturated rings. The molecule has 256 valence electrons. The Morgan fingerprint density at radius 2 is 0.830 bits per heavy atom. The minimum Gasteiger partial charge on any atom is -0.504 e. The zero-order chi connectivity index (χ0) is 36.4. The summed E-state index contributed by atoms with van der Waals surface area (Å²) in [6.45, 7) is 0. The predicted octanol–water partition coefficient (Wildman–Crippen LogP) is 10.3. The second kappa shape index (κ2) is 10.5. The van der Waals surface area contributed by atoms with E-state index in [9.17, 15) is 40.9 Å². The van der Waals surface area contributed by atoms with E-state index in [0.717, 1.165) is 32.3 Å². The van der Waals surface area contributed by atoms with Gasteiger partial charge < -0.3 is 45.3 Å². The van der Waals surface area contributed by atoms with Crippen LogP contribution in [-0.2, 0) is 0 Å². The third kappa shape index (κ3) is 3.90. The molecule has 0 aliphatic heterocycles. The summed E-state index contributed by atoms with van der Waals surface area (Å²) in [6, 6.07) is 33.5. The third-order valence-corrected chi connectivity index (χ3v) is 10.5. The predicted molar refractivity (Wildman–Crippen MR) is 205 cm³/mol. The molecule has 10 rings (SSSR count). The molecule has 0 saturated carbocycles. The Kier molecular flexibility index (Phi) is 6.01. The molecule has 0 saturated heterocycles. The number of hydrogen-bond acceptors (Lipinski definition) is 9. The highest BCUT2D eigenvalue weighted by Gasteiger charge is 2.33. The SMILES string of the molecule is Oc1c(O)c(O)c2c(-c3cccc4oc5c6ccccc6ccc5c34)c3c(O)c(O)c(O)c(O)c3c(-c3ccc4ccc5ccccc5c4c3)c2c1O. The highest BCUT2D eigenvalue weighted by molar-refractivity contribution is 6.32. The van der Waals surface area contributed by atoms with Gasteiger partial charge in [0.2, 0.25) is 23.0 Å². The zero-order valence-electron chi connectivity index (χ0n) is 27.4. The summed E-state index contributed by atoms with van der Waals surface area (Å²) >= 11 is 0. The fourth-order valence-corrected chi connectivity index (χ4v) is 8.10. The van der Waals surface area contributed by atoms with E-state index in [2.05, 4.69) is 0 Å². The van der Waals surface area contributed by atoms with Gasteiger partial charge in [-0.15, -0.1) is 0 Å². The Balaban J connectivity index is 1.47. The molecule has 0 radical (unpaired) electrons. The number of benzene rings is 9. The molecular formula is C44H26O9. The fraction of sp³-hybridized carbons (Fsp3) is 0. The van der Waals surface area contributed by atoms with Crippen molar-refractivity contribution in [1.82, 2.24) is 0 Å². The van der Waals surface area contributed by atoms with E-state index in [-0.39, 0.29) is 32.7 Å². The molecule has 0 amide bonds. The first-order valence-corrected chi connectivity index (χ1v) is 16.7. The van der Waals surface area contributed by atoms with Gasteiger partial charge in [0, 0.05) is 48.8 Å². The van der Waals surface area contributed by atoms with Gasteiger partial charge >= 0.3 is 0 Å². The van der Waals surface area contributed by atoms with Crippen molar-refractivity contribution < 1.29 is 45.3 Å². The van der Waals surface area contributed by atoms with Gasteiger partial charge in [-0.25, -0.2) is 0 Å². The van der Waals surface area contributed by atoms with Crippen LogP contribution >= 0.6 is 0 Å². The normalized spacial score (nSPS) is 12.0. The van der Waals surface area contributed by atoms with Crippen LogP contribution < -0.4 is 0 Å². The number of rotatable bonds is 2. The smallest absolute Gasteiger partial charge is 0.204 e. The van der Waals surface area contributed by atoms with Crippen LogP contribution in [0, 0.1) is 0 Å². The van der Waals surface area contributed by atoms with E-state index in [0.29, 0.717) is 33.1 Å². The highest BCUT2D eigenvalue weighted by Crippen LogP contribution is 2.62. The van der Waals surface area contributed by atoms with Crippen molar-refractivity contribution in [3.63, 3.8) is 0 Å². The molecule has 0 bridgehead atoms. The molecule has 9 aromatic carbocycles. The van der Waals surface area contributed by atoms with E-state index in [4.69, 9.17) is 4.42 Å². The van der Waals surface area contributed by atoms with E-state index in [1.54, 1.807) is 30.3 Å². The van der Waals surface area contributed by atoms with Crippen LogP contribution in [-0.4, -0.2) is 40.9 Å². The molecule has 0 atom stereocenters. The van der Waals surface area contributed by atoms with Crippen molar-refractivity contribution in [3.05, 3.63) is 109 Å². The van der Waals surface area contributed by atoms with E-state index < -0.39 is 46.0 Å². The van der Waals surface area contributed by atoms with Crippen LogP contribution in [0.1, 0.15) is 0 Å². The second-order valence-electron chi connectivity index (χ2n) is 13.2. The average molecular weight is 699 g/mol. The van der Waals surface area contributed by atoms with Crippen molar-refractivity contribution >= 4 is 75.8 Å². The Hall–Kier alpha value is -7.52. The van der Waals surface area contributed by atoms with Crippen molar-refractivity contribution in [3.8, 4) is 68.2 Å². The van der Waals surface area contributed by atoms with Gasteiger partial charge in [0.05, 0.1) is 0 Å². The number of furan rings is 1. The Morgan fingerprint density at radius 1 is 0.340 bits per heavy atom. The van der Waals surface area contributed by atoms with Gasteiger partial charge in [0.25, 0.3) is 0 Å². The number of phenolic OH excluding ortho intramolecular Hbond substituents is 8. The largest absolute Gasteiger partial charge is 0.504 e. The zero-order valence-corrected chi connectivity index (χ0v) is 27.4. The molecule has 1 aromatic heterocycles. The lowest BCUT2D eigenvalue weighted by Gasteiger charge is -2.23. The first-order chi connectivity index (χ1) is 25.7. The summed E-state index contributed by atoms with van der Waals surface area (Å²) < 4.78 is 6.41. The summed E-state index contributed by atoms with van der Waals surface area (Å²) in [4.78, 5) is 0. The van der Waals surface area contributed by atoms with Gasteiger partial charge in [0.15, 0.2) is 23.0 Å². The minimum absolute atomic E-state index is 0.0185. The maximum atomic E-state index is 11.8. The maximum Gasteiger partial charge on any atom is 0.204 e. The molecule has 0 aliphatic carbocycles. The van der Waals surface area contributed by atoms with Crippen LogP contribution in [0.5, 0.6) is 46.0 Å². The lowest BCUT2D eigenvalue weighted by molar-refractivity contribution is 0.350. The summed E-state index contributed by atoms with van der Waals surface area (Å²) in [5.41, 5.74) is 1.56. The molecule has 0 unspecified atom stereocenters. The van der Waals surface area contributed by atoms with Crippen LogP contribution in [0.25, 0.3) is 98.1 Å². The van der Waals surface area contributed by atoms with Crippen LogP contribution in [0.15, 0.2) is 114 Å². The van der Waals surface area contributed by atoms with Crippen molar-refractivity contribution in [2.75, 3.05) is 0 Å². The van der Waals surface area contributed by atoms with Gasteiger partial charge in [-0.2, -0.15) is 0 Å². The van der Waals surface area contributed by atoms with Crippen molar-refractivity contribution in [1.29, 1.82) is 0 Å². The first-order valence-electron chi connectivity index (χ1n) is 16.7. The van der Waals surface area contributed by atoms with Crippen LogP contribution in [0.4, 0.5) is 0 Å².